The van der Waals surface area contributed by atoms with E-state index in [1.165, 1.54) is 0 Å². The van der Waals surface area contributed by atoms with E-state index in [0.717, 1.165) is 23.3 Å². The van der Waals surface area contributed by atoms with Gasteiger partial charge in [-0.1, -0.05) is 26.9 Å². The lowest BCUT2D eigenvalue weighted by Gasteiger charge is -2.28. The molecule has 2 rings (SSSR count). The Morgan fingerprint density at radius 3 is 2.71 bits per heavy atom. The van der Waals surface area contributed by atoms with Crippen LogP contribution in [0.5, 0.6) is 5.75 Å². The van der Waals surface area contributed by atoms with Gasteiger partial charge < -0.3 is 9.15 Å². The Hall–Kier alpha value is -1.22. The summed E-state index contributed by atoms with van der Waals surface area (Å²) in [6, 6.07) is 7.94. The predicted octanol–water partition coefficient (Wildman–Crippen LogP) is 4.08. The number of hydrogen-bond donors (Lipinski definition) is 0. The van der Waals surface area contributed by atoms with Crippen LogP contribution in [-0.4, -0.2) is 15.4 Å². The second-order valence-electron chi connectivity index (χ2n) is 5.55. The van der Waals surface area contributed by atoms with Crippen LogP contribution >= 0.6 is 0 Å². The second-order valence-corrected chi connectivity index (χ2v) is 9.42. The van der Waals surface area contributed by atoms with Gasteiger partial charge in [-0.3, -0.25) is 0 Å². The molecule has 0 aliphatic rings. The van der Waals surface area contributed by atoms with Crippen LogP contribution in [-0.2, 0) is 0 Å². The first-order valence-electron chi connectivity index (χ1n) is 6.09. The van der Waals surface area contributed by atoms with E-state index >= 15 is 0 Å². The minimum absolute atomic E-state index is 0.325. The average Bonchev–Trinajstić information content (AvgIpc) is 2.73. The van der Waals surface area contributed by atoms with Crippen LogP contribution in [0.4, 0.5) is 0 Å². The second kappa shape index (κ2) is 4.57. The third-order valence-electron chi connectivity index (χ3n) is 3.60. The molecule has 0 bridgehead atoms. The largest absolute Gasteiger partial charge is 0.493 e. The summed E-state index contributed by atoms with van der Waals surface area (Å²) in [5.74, 6) is 0.932. The molecule has 2 aromatic rings. The summed E-state index contributed by atoms with van der Waals surface area (Å²) >= 11 is 0. The number of ether oxygens (including phenoxy) is 1. The summed E-state index contributed by atoms with van der Waals surface area (Å²) in [5.41, 5.74) is 0.912. The molecule has 1 aromatic carbocycles. The smallest absolute Gasteiger partial charge is 0.134 e. The quantitative estimate of drug-likeness (QED) is 0.761. The fourth-order valence-corrected chi connectivity index (χ4v) is 1.89. The van der Waals surface area contributed by atoms with Crippen molar-refractivity contribution in [1.29, 1.82) is 0 Å². The minimum atomic E-state index is -0.702. The van der Waals surface area contributed by atoms with Crippen LogP contribution in [0.25, 0.3) is 11.0 Å². The molecule has 2 nitrogen and oxygen atoms in total. The lowest BCUT2D eigenvalue weighted by Crippen LogP contribution is -2.27. The molecule has 1 aromatic heterocycles. The van der Waals surface area contributed by atoms with Crippen molar-refractivity contribution in [1.82, 2.24) is 0 Å². The highest BCUT2D eigenvalue weighted by atomic mass is 28.3. The van der Waals surface area contributed by atoms with Crippen LogP contribution < -0.4 is 4.74 Å². The zero-order chi connectivity index (χ0) is 12.5. The van der Waals surface area contributed by atoms with E-state index in [4.69, 9.17) is 9.15 Å². The van der Waals surface area contributed by atoms with E-state index in [1.807, 2.05) is 24.3 Å². The zero-order valence-corrected chi connectivity index (χ0v) is 12.1. The van der Waals surface area contributed by atoms with Gasteiger partial charge in [-0.05, 0) is 29.3 Å². The van der Waals surface area contributed by atoms with Gasteiger partial charge in [0.15, 0.2) is 0 Å². The van der Waals surface area contributed by atoms with Crippen LogP contribution in [0.2, 0.25) is 18.1 Å². The Kier molecular flexibility index (Phi) is 3.29. The number of rotatable bonds is 4. The van der Waals surface area contributed by atoms with E-state index in [0.29, 0.717) is 5.04 Å². The molecule has 0 radical (unpaired) electrons. The molecule has 0 spiro atoms. The van der Waals surface area contributed by atoms with Gasteiger partial charge in [-0.15, -0.1) is 0 Å². The molecule has 0 N–H and O–H groups in total. The molecule has 0 fully saturated rings. The van der Waals surface area contributed by atoms with Gasteiger partial charge in [-0.2, -0.15) is 0 Å². The number of furan rings is 1. The topological polar surface area (TPSA) is 22.4 Å². The molecule has 1 heterocycles. The number of hydrogen-bond acceptors (Lipinski definition) is 2. The molecular weight excluding hydrogens is 228 g/mol. The van der Waals surface area contributed by atoms with Crippen LogP contribution in [0.15, 0.2) is 34.9 Å². The number of fused-ring (bicyclic) bond motifs is 1. The summed E-state index contributed by atoms with van der Waals surface area (Å²) in [7, 11) is -0.702. The molecule has 0 aliphatic carbocycles. The molecule has 0 saturated carbocycles. The van der Waals surface area contributed by atoms with Crippen LogP contribution in [0.1, 0.15) is 13.8 Å². The van der Waals surface area contributed by atoms with Crippen LogP contribution in [0, 0.1) is 0 Å². The Morgan fingerprint density at radius 1 is 1.24 bits per heavy atom. The third kappa shape index (κ3) is 2.72. The SMILES string of the molecule is C[SiH](C)C(C)(C)COc1ccc2occc2c1. The van der Waals surface area contributed by atoms with Crippen molar-refractivity contribution in [3.8, 4) is 5.75 Å². The monoisotopic (exact) mass is 248 g/mol. The van der Waals surface area contributed by atoms with Crippen molar-refractivity contribution in [2.45, 2.75) is 32.0 Å². The van der Waals surface area contributed by atoms with Gasteiger partial charge in [-0.25, -0.2) is 0 Å². The fourth-order valence-electron chi connectivity index (χ4n) is 1.47. The van der Waals surface area contributed by atoms with Gasteiger partial charge in [0, 0.05) is 14.2 Å². The molecular formula is C14H20O2Si. The van der Waals surface area contributed by atoms with Crippen molar-refractivity contribution in [2.24, 2.45) is 0 Å². The molecule has 92 valence electrons. The standard InChI is InChI=1S/C14H20O2Si/c1-14(2,17(3)4)10-16-12-5-6-13-11(9-12)7-8-15-13/h5-9,17H,10H2,1-4H3. The Bertz CT molecular complexity index is 500. The normalized spacial score (nSPS) is 12.3. The highest BCUT2D eigenvalue weighted by molar-refractivity contribution is 6.59. The summed E-state index contributed by atoms with van der Waals surface area (Å²) in [6.45, 7) is 10.1. The number of benzene rings is 1. The lowest BCUT2D eigenvalue weighted by atomic mass is 10.2. The molecule has 0 unspecified atom stereocenters. The average molecular weight is 248 g/mol. The van der Waals surface area contributed by atoms with Crippen LogP contribution in [0.3, 0.4) is 0 Å². The molecule has 0 amide bonds. The lowest BCUT2D eigenvalue weighted by molar-refractivity contribution is 0.276. The molecule has 17 heavy (non-hydrogen) atoms. The van der Waals surface area contributed by atoms with Gasteiger partial charge in [0.1, 0.15) is 11.3 Å². The van der Waals surface area contributed by atoms with Crippen molar-refractivity contribution in [2.75, 3.05) is 6.61 Å². The summed E-state index contributed by atoms with van der Waals surface area (Å²) < 4.78 is 11.2. The van der Waals surface area contributed by atoms with Gasteiger partial charge in [0.25, 0.3) is 0 Å². The maximum absolute atomic E-state index is 5.90. The first kappa shape index (κ1) is 12.2. The molecule has 3 heteroatoms. The van der Waals surface area contributed by atoms with Crippen molar-refractivity contribution < 1.29 is 9.15 Å². The van der Waals surface area contributed by atoms with E-state index in [9.17, 15) is 0 Å². The molecule has 0 atom stereocenters. The highest BCUT2D eigenvalue weighted by Crippen LogP contribution is 2.30. The molecule has 0 aliphatic heterocycles. The third-order valence-corrected chi connectivity index (χ3v) is 6.89. The van der Waals surface area contributed by atoms with E-state index < -0.39 is 8.80 Å². The van der Waals surface area contributed by atoms with Gasteiger partial charge in [0.05, 0.1) is 12.9 Å². The maximum Gasteiger partial charge on any atom is 0.134 e. The van der Waals surface area contributed by atoms with E-state index in [1.54, 1.807) is 6.26 Å². The summed E-state index contributed by atoms with van der Waals surface area (Å²) in [5, 5.41) is 1.42. The van der Waals surface area contributed by atoms with Gasteiger partial charge in [0.2, 0.25) is 0 Å². The van der Waals surface area contributed by atoms with Crippen molar-refractivity contribution >= 4 is 19.8 Å². The van der Waals surface area contributed by atoms with E-state index in [2.05, 4.69) is 26.9 Å². The maximum atomic E-state index is 5.90. The Morgan fingerprint density at radius 2 is 2.00 bits per heavy atom. The first-order valence-corrected chi connectivity index (χ1v) is 8.98. The zero-order valence-electron chi connectivity index (χ0n) is 11.0. The van der Waals surface area contributed by atoms with Gasteiger partial charge >= 0.3 is 0 Å². The summed E-state index contributed by atoms with van der Waals surface area (Å²) in [4.78, 5) is 0. The highest BCUT2D eigenvalue weighted by Gasteiger charge is 2.24. The van der Waals surface area contributed by atoms with Crippen molar-refractivity contribution in [3.05, 3.63) is 30.5 Å². The van der Waals surface area contributed by atoms with E-state index in [-0.39, 0.29) is 0 Å². The Balaban J connectivity index is 2.08. The minimum Gasteiger partial charge on any atom is -0.493 e. The Labute approximate surface area is 104 Å². The van der Waals surface area contributed by atoms with Crippen molar-refractivity contribution in [3.63, 3.8) is 0 Å². The fraction of sp³-hybridized carbons (Fsp3) is 0.429. The summed E-state index contributed by atoms with van der Waals surface area (Å²) in [6.07, 6.45) is 1.71. The first-order chi connectivity index (χ1) is 7.99. The predicted molar refractivity (Wildman–Crippen MR) is 74.6 cm³/mol. The molecule has 0 saturated heterocycles.